The maximum atomic E-state index is 5.28. The van der Waals surface area contributed by atoms with Crippen LogP contribution in [-0.2, 0) is 0 Å². The molecule has 0 unspecified atom stereocenters. The van der Waals surface area contributed by atoms with E-state index in [0.29, 0.717) is 17.5 Å². The molecule has 8 aromatic rings. The van der Waals surface area contributed by atoms with Crippen LogP contribution in [0.25, 0.3) is 78.5 Å². The smallest absolute Gasteiger partial charge is 0.164 e. The molecule has 8 rings (SSSR count). The molecule has 212 valence electrons. The molecule has 0 N–H and O–H groups in total. The fourth-order valence-corrected chi connectivity index (χ4v) is 5.78. The van der Waals surface area contributed by atoms with E-state index in [1.54, 1.807) is 0 Å². The quantitative estimate of drug-likeness (QED) is 0.191. The molecule has 0 saturated heterocycles. The SMILES string of the molecule is Cc1cc(-c2ccccc2-c2nc(-c3ccccc3)nc(-c3ccccc3)n2)nc2c1ccc1ccc(-c3ccccc3)nc12. The lowest BCUT2D eigenvalue weighted by Crippen LogP contribution is -2.01. The largest absolute Gasteiger partial charge is 0.245 e. The van der Waals surface area contributed by atoms with Crippen molar-refractivity contribution in [1.29, 1.82) is 0 Å². The zero-order valence-electron chi connectivity index (χ0n) is 24.6. The van der Waals surface area contributed by atoms with Crippen molar-refractivity contribution >= 4 is 21.8 Å². The van der Waals surface area contributed by atoms with Gasteiger partial charge in [0.1, 0.15) is 0 Å². The lowest BCUT2D eigenvalue weighted by molar-refractivity contribution is 1.07. The summed E-state index contributed by atoms with van der Waals surface area (Å²) in [6, 6.07) is 49.2. The van der Waals surface area contributed by atoms with E-state index in [4.69, 9.17) is 24.9 Å². The Morgan fingerprint density at radius 2 is 0.889 bits per heavy atom. The van der Waals surface area contributed by atoms with Crippen LogP contribution >= 0.6 is 0 Å². The molecule has 0 aliphatic carbocycles. The average Bonchev–Trinajstić information content (AvgIpc) is 3.12. The van der Waals surface area contributed by atoms with Crippen molar-refractivity contribution in [1.82, 2.24) is 24.9 Å². The molecule has 5 aromatic carbocycles. The van der Waals surface area contributed by atoms with Gasteiger partial charge in [0, 0.05) is 38.6 Å². The number of fused-ring (bicyclic) bond motifs is 3. The average molecular weight is 578 g/mol. The van der Waals surface area contributed by atoms with Crippen molar-refractivity contribution in [2.24, 2.45) is 0 Å². The highest BCUT2D eigenvalue weighted by Gasteiger charge is 2.18. The first kappa shape index (κ1) is 26.5. The molecule has 0 spiro atoms. The second kappa shape index (κ2) is 11.2. The second-order valence-electron chi connectivity index (χ2n) is 11.0. The summed E-state index contributed by atoms with van der Waals surface area (Å²) in [4.78, 5) is 25.3. The van der Waals surface area contributed by atoms with E-state index in [1.807, 2.05) is 91.0 Å². The van der Waals surface area contributed by atoms with Gasteiger partial charge in [-0.25, -0.2) is 24.9 Å². The fraction of sp³-hybridized carbons (Fsp3) is 0.0250. The molecule has 0 amide bonds. The van der Waals surface area contributed by atoms with Crippen molar-refractivity contribution in [3.05, 3.63) is 151 Å². The van der Waals surface area contributed by atoms with Gasteiger partial charge in [-0.3, -0.25) is 0 Å². The molecule has 3 aromatic heterocycles. The van der Waals surface area contributed by atoms with Crippen LogP contribution in [0.4, 0.5) is 0 Å². The summed E-state index contributed by atoms with van der Waals surface area (Å²) in [5, 5.41) is 2.14. The maximum Gasteiger partial charge on any atom is 0.164 e. The Bertz CT molecular complexity index is 2260. The number of hydrogen-bond donors (Lipinski definition) is 0. The van der Waals surface area contributed by atoms with Crippen molar-refractivity contribution < 1.29 is 0 Å². The van der Waals surface area contributed by atoms with E-state index in [2.05, 4.69) is 61.5 Å². The van der Waals surface area contributed by atoms with Crippen LogP contribution in [0.5, 0.6) is 0 Å². The minimum absolute atomic E-state index is 0.597. The normalized spacial score (nSPS) is 11.2. The molecule has 0 radical (unpaired) electrons. The van der Waals surface area contributed by atoms with Crippen LogP contribution in [-0.4, -0.2) is 24.9 Å². The number of pyridine rings is 2. The Hall–Kier alpha value is -6.07. The van der Waals surface area contributed by atoms with Gasteiger partial charge in [0.25, 0.3) is 0 Å². The zero-order valence-corrected chi connectivity index (χ0v) is 24.6. The van der Waals surface area contributed by atoms with Gasteiger partial charge in [0.05, 0.1) is 22.4 Å². The summed E-state index contributed by atoms with van der Waals surface area (Å²) >= 11 is 0. The van der Waals surface area contributed by atoms with E-state index in [9.17, 15) is 0 Å². The van der Waals surface area contributed by atoms with Crippen molar-refractivity contribution in [3.63, 3.8) is 0 Å². The third-order valence-electron chi connectivity index (χ3n) is 8.06. The van der Waals surface area contributed by atoms with Crippen LogP contribution in [0.1, 0.15) is 5.56 Å². The summed E-state index contributed by atoms with van der Waals surface area (Å²) in [6.07, 6.45) is 0. The van der Waals surface area contributed by atoms with Crippen molar-refractivity contribution in [2.45, 2.75) is 6.92 Å². The summed E-state index contributed by atoms with van der Waals surface area (Å²) in [7, 11) is 0. The molecule has 0 bridgehead atoms. The topological polar surface area (TPSA) is 64.5 Å². The molecule has 5 heteroatoms. The first-order valence-electron chi connectivity index (χ1n) is 14.9. The van der Waals surface area contributed by atoms with Crippen LogP contribution < -0.4 is 0 Å². The first-order chi connectivity index (χ1) is 22.2. The van der Waals surface area contributed by atoms with Crippen molar-refractivity contribution in [3.8, 4) is 56.7 Å². The predicted octanol–water partition coefficient (Wildman–Crippen LogP) is 9.61. The monoisotopic (exact) mass is 577 g/mol. The van der Waals surface area contributed by atoms with Crippen molar-refractivity contribution in [2.75, 3.05) is 0 Å². The lowest BCUT2D eigenvalue weighted by Gasteiger charge is -2.14. The standard InChI is InChI=1S/C40H27N5/c1-26-25-35(42-37-31(26)23-21-28-22-24-34(41-36(28)37)27-13-5-2-6-14-27)32-19-11-12-20-33(32)40-44-38(29-15-7-3-8-16-29)43-39(45-40)30-17-9-4-10-18-30/h2-25H,1H3. The van der Waals surface area contributed by atoms with Gasteiger partial charge in [-0.15, -0.1) is 0 Å². The Labute approximate surface area is 261 Å². The Morgan fingerprint density at radius 3 is 1.53 bits per heavy atom. The third kappa shape index (κ3) is 5.00. The minimum Gasteiger partial charge on any atom is -0.245 e. The summed E-state index contributed by atoms with van der Waals surface area (Å²) in [6.45, 7) is 2.13. The summed E-state index contributed by atoms with van der Waals surface area (Å²) < 4.78 is 0. The highest BCUT2D eigenvalue weighted by atomic mass is 15.0. The van der Waals surface area contributed by atoms with Crippen LogP contribution in [0.15, 0.2) is 146 Å². The summed E-state index contributed by atoms with van der Waals surface area (Å²) in [5.74, 6) is 1.85. The number of aromatic nitrogens is 5. The van der Waals surface area contributed by atoms with Crippen LogP contribution in [0.2, 0.25) is 0 Å². The number of benzene rings is 5. The van der Waals surface area contributed by atoms with Gasteiger partial charge in [-0.2, -0.15) is 0 Å². The molecule has 3 heterocycles. The molecule has 0 fully saturated rings. The Kier molecular flexibility index (Phi) is 6.61. The predicted molar refractivity (Wildman–Crippen MR) is 182 cm³/mol. The molecule has 0 saturated carbocycles. The van der Waals surface area contributed by atoms with Crippen LogP contribution in [0, 0.1) is 6.92 Å². The first-order valence-corrected chi connectivity index (χ1v) is 14.9. The Balaban J connectivity index is 1.33. The van der Waals surface area contributed by atoms with E-state index >= 15 is 0 Å². The van der Waals surface area contributed by atoms with Gasteiger partial charge in [-0.1, -0.05) is 133 Å². The zero-order chi connectivity index (χ0) is 30.2. The van der Waals surface area contributed by atoms with Gasteiger partial charge in [-0.05, 0) is 24.6 Å². The minimum atomic E-state index is 0.597. The molecule has 5 nitrogen and oxygen atoms in total. The van der Waals surface area contributed by atoms with E-state index in [0.717, 1.165) is 66.6 Å². The maximum absolute atomic E-state index is 5.28. The van der Waals surface area contributed by atoms with Gasteiger partial charge in [0.2, 0.25) is 0 Å². The van der Waals surface area contributed by atoms with E-state index < -0.39 is 0 Å². The number of rotatable bonds is 5. The van der Waals surface area contributed by atoms with Gasteiger partial charge >= 0.3 is 0 Å². The number of hydrogen-bond acceptors (Lipinski definition) is 5. The van der Waals surface area contributed by atoms with Gasteiger partial charge in [0.15, 0.2) is 17.5 Å². The highest BCUT2D eigenvalue weighted by Crippen LogP contribution is 2.35. The van der Waals surface area contributed by atoms with Gasteiger partial charge < -0.3 is 0 Å². The molecule has 0 aliphatic heterocycles. The molecule has 45 heavy (non-hydrogen) atoms. The lowest BCUT2D eigenvalue weighted by atomic mass is 9.99. The highest BCUT2D eigenvalue weighted by molar-refractivity contribution is 6.05. The Morgan fingerprint density at radius 1 is 0.378 bits per heavy atom. The molecule has 0 atom stereocenters. The fourth-order valence-electron chi connectivity index (χ4n) is 5.78. The second-order valence-corrected chi connectivity index (χ2v) is 11.0. The molecular weight excluding hydrogens is 550 g/mol. The number of nitrogens with zero attached hydrogens (tertiary/aromatic N) is 5. The molecule has 0 aliphatic rings. The van der Waals surface area contributed by atoms with E-state index in [1.165, 1.54) is 0 Å². The van der Waals surface area contributed by atoms with Crippen LogP contribution in [0.3, 0.4) is 0 Å². The third-order valence-corrected chi connectivity index (χ3v) is 8.06. The van der Waals surface area contributed by atoms with E-state index in [-0.39, 0.29) is 0 Å². The number of aryl methyl sites for hydroxylation is 1. The molecular formula is C40H27N5. The summed E-state index contributed by atoms with van der Waals surface area (Å²) in [5.41, 5.74) is 9.43.